The molecule has 0 saturated heterocycles. The minimum Gasteiger partial charge on any atom is -0.409 e. The highest BCUT2D eigenvalue weighted by molar-refractivity contribution is 5.83. The number of amides is 1. The number of nitrogens with one attached hydrogen (secondary N) is 1. The lowest BCUT2D eigenvalue weighted by Gasteiger charge is -2.20. The number of nitrogens with two attached hydrogens (primary N) is 1. The topological polar surface area (TPSA) is 87.7 Å². The summed E-state index contributed by atoms with van der Waals surface area (Å²) < 4.78 is 0. The number of oxime groups is 1. The molecule has 0 aliphatic heterocycles. The quantitative estimate of drug-likeness (QED) is 0.310. The third-order valence-corrected chi connectivity index (χ3v) is 3.68. The smallest absolute Gasteiger partial charge is 0.223 e. The van der Waals surface area contributed by atoms with Crippen molar-refractivity contribution in [2.24, 2.45) is 22.7 Å². The van der Waals surface area contributed by atoms with Crippen molar-refractivity contribution in [1.29, 1.82) is 0 Å². The summed E-state index contributed by atoms with van der Waals surface area (Å²) in [6, 6.07) is 0. The summed E-state index contributed by atoms with van der Waals surface area (Å²) in [6.07, 6.45) is 8.05. The number of rotatable bonds is 4. The maximum atomic E-state index is 12.0. The largest absolute Gasteiger partial charge is 0.409 e. The molecule has 1 atom stereocenters. The van der Waals surface area contributed by atoms with Gasteiger partial charge in [-0.25, -0.2) is 0 Å². The number of carbonyl (C=O) groups is 1. The molecule has 1 rings (SSSR count). The number of hydrogen-bond acceptors (Lipinski definition) is 3. The van der Waals surface area contributed by atoms with Crippen LogP contribution in [0, 0.1) is 11.8 Å². The van der Waals surface area contributed by atoms with Crippen LogP contribution in [-0.4, -0.2) is 23.5 Å². The van der Waals surface area contributed by atoms with Crippen molar-refractivity contribution in [3.05, 3.63) is 0 Å². The highest BCUT2D eigenvalue weighted by Gasteiger charge is 2.20. The summed E-state index contributed by atoms with van der Waals surface area (Å²) in [5, 5.41) is 14.4. The second-order valence-electron chi connectivity index (χ2n) is 5.21. The Morgan fingerprint density at radius 3 is 2.44 bits per heavy atom. The number of nitrogens with zero attached hydrogens (tertiary/aromatic N) is 1. The fourth-order valence-corrected chi connectivity index (χ4v) is 2.32. The van der Waals surface area contributed by atoms with Crippen LogP contribution in [0.4, 0.5) is 0 Å². The average molecular weight is 255 g/mol. The molecule has 104 valence electrons. The third-order valence-electron chi connectivity index (χ3n) is 3.68. The molecule has 0 spiro atoms. The van der Waals surface area contributed by atoms with Crippen molar-refractivity contribution >= 4 is 11.7 Å². The Balaban J connectivity index is 2.34. The SMILES string of the molecule is CC(CNC(=O)C1CCCCCCC1)C(N)=NO. The van der Waals surface area contributed by atoms with Gasteiger partial charge < -0.3 is 16.3 Å². The zero-order valence-electron chi connectivity index (χ0n) is 11.2. The molecule has 0 radical (unpaired) electrons. The van der Waals surface area contributed by atoms with Crippen LogP contribution in [0.1, 0.15) is 51.9 Å². The van der Waals surface area contributed by atoms with Gasteiger partial charge in [0.25, 0.3) is 0 Å². The Morgan fingerprint density at radius 2 is 1.89 bits per heavy atom. The van der Waals surface area contributed by atoms with Crippen LogP contribution in [0.15, 0.2) is 5.16 Å². The van der Waals surface area contributed by atoms with Gasteiger partial charge in [0.1, 0.15) is 5.84 Å². The van der Waals surface area contributed by atoms with Crippen LogP contribution in [0.3, 0.4) is 0 Å². The molecular formula is C13H25N3O2. The van der Waals surface area contributed by atoms with E-state index in [4.69, 9.17) is 10.9 Å². The molecule has 0 bridgehead atoms. The lowest BCUT2D eigenvalue weighted by molar-refractivity contribution is -0.125. The second kappa shape index (κ2) is 7.95. The molecule has 1 saturated carbocycles. The van der Waals surface area contributed by atoms with Crippen molar-refractivity contribution in [3.8, 4) is 0 Å². The van der Waals surface area contributed by atoms with E-state index in [0.29, 0.717) is 6.54 Å². The molecule has 0 aromatic rings. The summed E-state index contributed by atoms with van der Waals surface area (Å²) in [5.74, 6) is 0.291. The first kappa shape index (κ1) is 14.8. The van der Waals surface area contributed by atoms with Crippen molar-refractivity contribution in [2.75, 3.05) is 6.54 Å². The molecule has 0 aromatic carbocycles. The van der Waals surface area contributed by atoms with E-state index in [1.54, 1.807) is 0 Å². The van der Waals surface area contributed by atoms with Gasteiger partial charge in [0.2, 0.25) is 5.91 Å². The Bertz CT molecular complexity index is 284. The van der Waals surface area contributed by atoms with Gasteiger partial charge in [-0.15, -0.1) is 0 Å². The minimum atomic E-state index is -0.132. The van der Waals surface area contributed by atoms with Crippen LogP contribution in [-0.2, 0) is 4.79 Å². The van der Waals surface area contributed by atoms with Crippen molar-refractivity contribution in [3.63, 3.8) is 0 Å². The lowest BCUT2D eigenvalue weighted by Crippen LogP contribution is -2.38. The monoisotopic (exact) mass is 255 g/mol. The summed E-state index contributed by atoms with van der Waals surface area (Å²) in [6.45, 7) is 2.26. The molecule has 5 heteroatoms. The number of amidine groups is 1. The molecule has 5 nitrogen and oxygen atoms in total. The van der Waals surface area contributed by atoms with E-state index in [1.807, 2.05) is 6.92 Å². The predicted molar refractivity (Wildman–Crippen MR) is 71.4 cm³/mol. The molecule has 1 aliphatic rings. The third kappa shape index (κ3) is 4.94. The first-order valence-electron chi connectivity index (χ1n) is 6.90. The lowest BCUT2D eigenvalue weighted by atomic mass is 9.90. The van der Waals surface area contributed by atoms with Gasteiger partial charge >= 0.3 is 0 Å². The second-order valence-corrected chi connectivity index (χ2v) is 5.21. The van der Waals surface area contributed by atoms with Crippen LogP contribution < -0.4 is 11.1 Å². The Morgan fingerprint density at radius 1 is 1.33 bits per heavy atom. The van der Waals surface area contributed by atoms with E-state index in [2.05, 4.69) is 10.5 Å². The van der Waals surface area contributed by atoms with Gasteiger partial charge in [-0.2, -0.15) is 0 Å². The van der Waals surface area contributed by atoms with Gasteiger partial charge in [0, 0.05) is 18.4 Å². The van der Waals surface area contributed by atoms with E-state index in [-0.39, 0.29) is 23.6 Å². The van der Waals surface area contributed by atoms with Gasteiger partial charge in [-0.05, 0) is 12.8 Å². The molecular weight excluding hydrogens is 230 g/mol. The van der Waals surface area contributed by atoms with E-state index in [0.717, 1.165) is 25.7 Å². The molecule has 1 fully saturated rings. The average Bonchev–Trinajstić information content (AvgIpc) is 2.34. The minimum absolute atomic E-state index is 0.120. The molecule has 1 aliphatic carbocycles. The first-order valence-corrected chi connectivity index (χ1v) is 6.90. The maximum absolute atomic E-state index is 12.0. The highest BCUT2D eigenvalue weighted by Crippen LogP contribution is 2.22. The summed E-state index contributed by atoms with van der Waals surface area (Å²) >= 11 is 0. The first-order chi connectivity index (χ1) is 8.65. The molecule has 4 N–H and O–H groups in total. The summed E-state index contributed by atoms with van der Waals surface area (Å²) in [4.78, 5) is 12.0. The van der Waals surface area contributed by atoms with Crippen LogP contribution in [0.25, 0.3) is 0 Å². The predicted octanol–water partition coefficient (Wildman–Crippen LogP) is 1.85. The Hall–Kier alpha value is -1.26. The van der Waals surface area contributed by atoms with Crippen LogP contribution in [0.2, 0.25) is 0 Å². The standard InChI is InChI=1S/C13H25N3O2/c1-10(12(14)16-18)9-15-13(17)11-7-5-3-2-4-6-8-11/h10-11,18H,2-9H2,1H3,(H2,14,16)(H,15,17). The van der Waals surface area contributed by atoms with Gasteiger partial charge in [-0.1, -0.05) is 44.2 Å². The van der Waals surface area contributed by atoms with Crippen molar-refractivity contribution in [2.45, 2.75) is 51.9 Å². The van der Waals surface area contributed by atoms with Crippen LogP contribution in [0.5, 0.6) is 0 Å². The fourth-order valence-electron chi connectivity index (χ4n) is 2.32. The van der Waals surface area contributed by atoms with E-state index >= 15 is 0 Å². The zero-order chi connectivity index (χ0) is 13.4. The fraction of sp³-hybridized carbons (Fsp3) is 0.846. The van der Waals surface area contributed by atoms with Gasteiger partial charge in [0.05, 0.1) is 0 Å². The van der Waals surface area contributed by atoms with E-state index in [9.17, 15) is 4.79 Å². The molecule has 0 aromatic heterocycles. The normalized spacial score (nSPS) is 20.8. The maximum Gasteiger partial charge on any atom is 0.223 e. The Kier molecular flexibility index (Phi) is 6.54. The van der Waals surface area contributed by atoms with Gasteiger partial charge in [0.15, 0.2) is 0 Å². The molecule has 0 heterocycles. The number of carbonyl (C=O) groups excluding carboxylic acids is 1. The zero-order valence-corrected chi connectivity index (χ0v) is 11.2. The number of hydrogen-bond donors (Lipinski definition) is 3. The molecule has 1 unspecified atom stereocenters. The highest BCUT2D eigenvalue weighted by atomic mass is 16.4. The van der Waals surface area contributed by atoms with Gasteiger partial charge in [-0.3, -0.25) is 4.79 Å². The van der Waals surface area contributed by atoms with E-state index < -0.39 is 0 Å². The van der Waals surface area contributed by atoms with E-state index in [1.165, 1.54) is 19.3 Å². The van der Waals surface area contributed by atoms with Crippen molar-refractivity contribution < 1.29 is 10.0 Å². The molecule has 1 amide bonds. The summed E-state index contributed by atoms with van der Waals surface area (Å²) in [5.41, 5.74) is 5.48. The summed E-state index contributed by atoms with van der Waals surface area (Å²) in [7, 11) is 0. The molecule has 18 heavy (non-hydrogen) atoms. The van der Waals surface area contributed by atoms with Crippen LogP contribution >= 0.6 is 0 Å². The van der Waals surface area contributed by atoms with Crippen molar-refractivity contribution in [1.82, 2.24) is 5.32 Å². The Labute approximate surface area is 109 Å².